The number of primary amides is 1. The molecule has 1 amide bonds. The molecular formula is C27H28N4O. The van der Waals surface area contributed by atoms with Crippen molar-refractivity contribution in [3.63, 3.8) is 0 Å². The monoisotopic (exact) mass is 424 g/mol. The summed E-state index contributed by atoms with van der Waals surface area (Å²) in [5, 5.41) is 9.33. The number of nitrogens with zero attached hydrogens (tertiary/aromatic N) is 3. The number of hydrogen-bond donors (Lipinski definition) is 1. The zero-order valence-electron chi connectivity index (χ0n) is 18.2. The predicted molar refractivity (Wildman–Crippen MR) is 125 cm³/mol. The van der Waals surface area contributed by atoms with E-state index in [0.717, 1.165) is 55.6 Å². The van der Waals surface area contributed by atoms with Crippen molar-refractivity contribution in [2.75, 3.05) is 4.90 Å². The van der Waals surface area contributed by atoms with Gasteiger partial charge in [0, 0.05) is 23.1 Å². The molecule has 3 aliphatic rings. The molecule has 5 heteroatoms. The highest BCUT2D eigenvalue weighted by Gasteiger charge is 2.63. The lowest BCUT2D eigenvalue weighted by molar-refractivity contribution is -0.127. The van der Waals surface area contributed by atoms with Crippen LogP contribution >= 0.6 is 0 Å². The van der Waals surface area contributed by atoms with Crippen molar-refractivity contribution >= 4 is 11.7 Å². The van der Waals surface area contributed by atoms with Crippen molar-refractivity contribution in [2.45, 2.75) is 56.0 Å². The van der Waals surface area contributed by atoms with E-state index in [1.54, 1.807) is 0 Å². The molecule has 32 heavy (non-hydrogen) atoms. The van der Waals surface area contributed by atoms with Crippen LogP contribution in [0.2, 0.25) is 0 Å². The highest BCUT2D eigenvalue weighted by Crippen LogP contribution is 2.62. The second kappa shape index (κ2) is 7.16. The maximum atomic E-state index is 12.3. The fourth-order valence-corrected chi connectivity index (χ4v) is 6.34. The van der Waals surface area contributed by atoms with Gasteiger partial charge in [-0.1, -0.05) is 60.7 Å². The van der Waals surface area contributed by atoms with Gasteiger partial charge in [0.2, 0.25) is 5.91 Å². The number of nitrogens with two attached hydrogens (primary N) is 1. The highest BCUT2D eigenvalue weighted by atomic mass is 16.1. The minimum atomic E-state index is -0.340. The summed E-state index contributed by atoms with van der Waals surface area (Å²) in [6.07, 6.45) is 5.72. The predicted octanol–water partition coefficient (Wildman–Crippen LogP) is 4.69. The van der Waals surface area contributed by atoms with Crippen LogP contribution in [-0.2, 0) is 4.79 Å². The number of anilines is 1. The van der Waals surface area contributed by atoms with E-state index < -0.39 is 0 Å². The lowest BCUT2D eigenvalue weighted by atomic mass is 9.83. The normalized spacial score (nSPS) is 30.2. The Bertz CT molecular complexity index is 1120. The summed E-state index contributed by atoms with van der Waals surface area (Å²) in [7, 11) is 0. The molecule has 3 aliphatic carbocycles. The topological polar surface area (TPSA) is 72.1 Å². The maximum absolute atomic E-state index is 12.3. The average Bonchev–Trinajstić information content (AvgIpc) is 3.38. The van der Waals surface area contributed by atoms with Gasteiger partial charge in [-0.15, -0.1) is 10.2 Å². The fraction of sp³-hybridized carbons (Fsp3) is 0.370. The first-order chi connectivity index (χ1) is 15.6. The molecule has 2 aromatic carbocycles. The molecule has 5 nitrogen and oxygen atoms in total. The Kier molecular flexibility index (Phi) is 4.36. The number of rotatable bonds is 6. The molecule has 6 rings (SSSR count). The molecule has 0 unspecified atom stereocenters. The van der Waals surface area contributed by atoms with Gasteiger partial charge in [-0.25, -0.2) is 0 Å². The largest absolute Gasteiger partial charge is 0.369 e. The Morgan fingerprint density at radius 1 is 0.875 bits per heavy atom. The van der Waals surface area contributed by atoms with Crippen LogP contribution in [-0.4, -0.2) is 27.7 Å². The first kappa shape index (κ1) is 19.5. The van der Waals surface area contributed by atoms with Crippen LogP contribution in [0.25, 0.3) is 11.3 Å². The molecule has 1 aromatic heterocycles. The summed E-state index contributed by atoms with van der Waals surface area (Å²) in [6, 6.07) is 25.5. The molecule has 0 spiro atoms. The van der Waals surface area contributed by atoms with Gasteiger partial charge < -0.3 is 10.6 Å². The first-order valence-corrected chi connectivity index (χ1v) is 11.6. The van der Waals surface area contributed by atoms with E-state index in [4.69, 9.17) is 10.8 Å². The van der Waals surface area contributed by atoms with E-state index >= 15 is 0 Å². The van der Waals surface area contributed by atoms with E-state index in [1.165, 1.54) is 5.56 Å². The standard InChI is InChI=1S/C27H28N4O/c28-25(32)26-13-15-27(18-26,16-14-26)31(23-17-21(23)19-7-3-1-4-8-19)24-12-11-22(29-30-24)20-9-5-2-6-10-20/h1-12,21,23H,13-18H2,(H2,28,32)/t21-,23+,26?,27?/m0/s1. The molecule has 0 aliphatic heterocycles. The quantitative estimate of drug-likeness (QED) is 0.623. The summed E-state index contributed by atoms with van der Waals surface area (Å²) >= 11 is 0. The molecule has 3 fully saturated rings. The van der Waals surface area contributed by atoms with Crippen molar-refractivity contribution in [1.82, 2.24) is 10.2 Å². The van der Waals surface area contributed by atoms with E-state index in [-0.39, 0.29) is 16.9 Å². The molecule has 0 saturated heterocycles. The number of hydrogen-bond acceptors (Lipinski definition) is 4. The summed E-state index contributed by atoms with van der Waals surface area (Å²) < 4.78 is 0. The number of benzene rings is 2. The Labute approximate surface area is 188 Å². The van der Waals surface area contributed by atoms with Crippen LogP contribution in [0.1, 0.15) is 50.0 Å². The zero-order chi connectivity index (χ0) is 21.8. The van der Waals surface area contributed by atoms with E-state index in [0.29, 0.717) is 12.0 Å². The van der Waals surface area contributed by atoms with E-state index in [2.05, 4.69) is 64.6 Å². The molecule has 1 heterocycles. The zero-order valence-corrected chi connectivity index (χ0v) is 18.2. The minimum Gasteiger partial charge on any atom is -0.369 e. The molecule has 2 N–H and O–H groups in total. The lowest BCUT2D eigenvalue weighted by Gasteiger charge is -2.41. The summed E-state index contributed by atoms with van der Waals surface area (Å²) in [5.41, 5.74) is 8.82. The Morgan fingerprint density at radius 3 is 2.16 bits per heavy atom. The molecule has 0 radical (unpaired) electrons. The highest BCUT2D eigenvalue weighted by molar-refractivity contribution is 5.82. The van der Waals surface area contributed by atoms with Crippen molar-refractivity contribution in [3.05, 3.63) is 78.4 Å². The van der Waals surface area contributed by atoms with Crippen LogP contribution < -0.4 is 10.6 Å². The van der Waals surface area contributed by atoms with Crippen molar-refractivity contribution in [1.29, 1.82) is 0 Å². The fourth-order valence-electron chi connectivity index (χ4n) is 6.34. The third kappa shape index (κ3) is 3.02. The second-order valence-corrected chi connectivity index (χ2v) is 9.88. The van der Waals surface area contributed by atoms with E-state index in [1.807, 2.05) is 18.2 Å². The number of fused-ring (bicyclic) bond motifs is 2. The molecule has 3 saturated carbocycles. The van der Waals surface area contributed by atoms with Crippen LogP contribution in [0.15, 0.2) is 72.8 Å². The lowest BCUT2D eigenvalue weighted by Crippen LogP contribution is -2.48. The van der Waals surface area contributed by atoms with Gasteiger partial charge in [0.25, 0.3) is 0 Å². The van der Waals surface area contributed by atoms with Gasteiger partial charge in [-0.3, -0.25) is 4.79 Å². The Balaban J connectivity index is 1.36. The SMILES string of the molecule is NC(=O)C12CCC(N(c3ccc(-c4ccccc4)nn3)[C@@H]3C[C@H]3c3ccccc3)(CC1)C2. The van der Waals surface area contributed by atoms with Crippen LogP contribution in [0.5, 0.6) is 0 Å². The van der Waals surface area contributed by atoms with Crippen molar-refractivity contribution < 1.29 is 4.79 Å². The van der Waals surface area contributed by atoms with Crippen molar-refractivity contribution in [2.24, 2.45) is 11.1 Å². The van der Waals surface area contributed by atoms with Crippen LogP contribution in [0, 0.1) is 5.41 Å². The number of amides is 1. The smallest absolute Gasteiger partial charge is 0.223 e. The van der Waals surface area contributed by atoms with Gasteiger partial charge in [0.1, 0.15) is 0 Å². The van der Waals surface area contributed by atoms with Gasteiger partial charge in [0.05, 0.1) is 11.1 Å². The van der Waals surface area contributed by atoms with E-state index in [9.17, 15) is 4.79 Å². The number of aromatic nitrogens is 2. The summed E-state index contributed by atoms with van der Waals surface area (Å²) in [5.74, 6) is 1.29. The first-order valence-electron chi connectivity index (χ1n) is 11.6. The second-order valence-electron chi connectivity index (χ2n) is 9.88. The average molecular weight is 425 g/mol. The third-order valence-corrected chi connectivity index (χ3v) is 8.12. The maximum Gasteiger partial charge on any atom is 0.223 e. The van der Waals surface area contributed by atoms with Crippen LogP contribution in [0.4, 0.5) is 5.82 Å². The Morgan fingerprint density at radius 2 is 1.56 bits per heavy atom. The molecule has 2 atom stereocenters. The summed E-state index contributed by atoms with van der Waals surface area (Å²) in [6.45, 7) is 0. The van der Waals surface area contributed by atoms with Gasteiger partial charge in [-0.2, -0.15) is 0 Å². The molecule has 162 valence electrons. The molecule has 2 bridgehead atoms. The van der Waals surface area contributed by atoms with Gasteiger partial charge in [-0.05, 0) is 56.2 Å². The third-order valence-electron chi connectivity index (χ3n) is 8.12. The van der Waals surface area contributed by atoms with Crippen molar-refractivity contribution in [3.8, 4) is 11.3 Å². The Hall–Kier alpha value is -3.21. The summed E-state index contributed by atoms with van der Waals surface area (Å²) in [4.78, 5) is 14.9. The molecule has 3 aromatic rings. The minimum absolute atomic E-state index is 0.0494. The van der Waals surface area contributed by atoms with Gasteiger partial charge in [0.15, 0.2) is 5.82 Å². The van der Waals surface area contributed by atoms with Crippen LogP contribution in [0.3, 0.4) is 0 Å². The number of carbonyl (C=O) groups excluding carboxylic acids is 1. The molecular weight excluding hydrogens is 396 g/mol. The van der Waals surface area contributed by atoms with Gasteiger partial charge >= 0.3 is 0 Å². The number of carbonyl (C=O) groups is 1.